The highest BCUT2D eigenvalue weighted by atomic mass is 28.2. The second-order valence-corrected chi connectivity index (χ2v) is 4.90. The van der Waals surface area contributed by atoms with Gasteiger partial charge in [-0.15, -0.1) is 0 Å². The van der Waals surface area contributed by atoms with Gasteiger partial charge in [-0.3, -0.25) is 0 Å². The van der Waals surface area contributed by atoms with Crippen LogP contribution in [0.25, 0.3) is 0 Å². The van der Waals surface area contributed by atoms with Crippen LogP contribution in [0.3, 0.4) is 0 Å². The highest BCUT2D eigenvalue weighted by molar-refractivity contribution is 6.26. The van der Waals surface area contributed by atoms with E-state index in [4.69, 9.17) is 0 Å². The fourth-order valence-electron chi connectivity index (χ4n) is 2.16. The SMILES string of the molecule is c1cc(C2CCCCC2)cc[siH]1. The van der Waals surface area contributed by atoms with Crippen LogP contribution in [0.5, 0.6) is 0 Å². The van der Waals surface area contributed by atoms with Crippen molar-refractivity contribution in [2.45, 2.75) is 38.0 Å². The largest absolute Gasteiger partial charge is 0.0802 e. The highest BCUT2D eigenvalue weighted by Crippen LogP contribution is 2.31. The fourth-order valence-corrected chi connectivity index (χ4v) is 2.96. The summed E-state index contributed by atoms with van der Waals surface area (Å²) in [5.74, 6) is 0.894. The summed E-state index contributed by atoms with van der Waals surface area (Å²) < 4.78 is 0. The maximum atomic E-state index is 2.37. The molecule has 0 atom stereocenters. The molecule has 1 saturated carbocycles. The lowest BCUT2D eigenvalue weighted by molar-refractivity contribution is 0.444. The van der Waals surface area contributed by atoms with E-state index >= 15 is 0 Å². The Kier molecular flexibility index (Phi) is 2.72. The van der Waals surface area contributed by atoms with Gasteiger partial charge in [-0.25, -0.2) is 0 Å². The van der Waals surface area contributed by atoms with Gasteiger partial charge in [0.15, 0.2) is 0 Å². The summed E-state index contributed by atoms with van der Waals surface area (Å²) in [7, 11) is 0.490. The molecule has 1 aliphatic carbocycles. The van der Waals surface area contributed by atoms with Crippen LogP contribution in [0.1, 0.15) is 43.6 Å². The van der Waals surface area contributed by atoms with Gasteiger partial charge in [-0.05, 0) is 24.3 Å². The van der Waals surface area contributed by atoms with E-state index in [-0.39, 0.29) is 0 Å². The summed E-state index contributed by atoms with van der Waals surface area (Å²) in [4.78, 5) is 0. The smallest absolute Gasteiger partial charge is 0.0198 e. The highest BCUT2D eigenvalue weighted by Gasteiger charge is 2.14. The minimum absolute atomic E-state index is 0.490. The number of hydrogen-bond acceptors (Lipinski definition) is 0. The molecule has 0 bridgehead atoms. The minimum Gasteiger partial charge on any atom is -0.0802 e. The fraction of sp³-hybridized carbons (Fsp3) is 0.545. The van der Waals surface area contributed by atoms with E-state index < -0.39 is 0 Å². The quantitative estimate of drug-likeness (QED) is 0.577. The van der Waals surface area contributed by atoms with E-state index in [0.29, 0.717) is 9.12 Å². The Hall–Kier alpha value is -0.433. The maximum absolute atomic E-state index is 2.37. The van der Waals surface area contributed by atoms with Crippen molar-refractivity contribution in [1.29, 1.82) is 0 Å². The zero-order valence-corrected chi connectivity index (χ0v) is 8.65. The second kappa shape index (κ2) is 3.99. The molecule has 1 heteroatoms. The van der Waals surface area contributed by atoms with Gasteiger partial charge in [0.25, 0.3) is 0 Å². The van der Waals surface area contributed by atoms with Crippen molar-refractivity contribution in [3.05, 3.63) is 29.1 Å². The van der Waals surface area contributed by atoms with Gasteiger partial charge >= 0.3 is 0 Å². The Morgan fingerprint density at radius 1 is 1.00 bits per heavy atom. The van der Waals surface area contributed by atoms with Gasteiger partial charge in [0.1, 0.15) is 0 Å². The van der Waals surface area contributed by atoms with Crippen molar-refractivity contribution < 1.29 is 0 Å². The average Bonchev–Trinajstić information content (AvgIpc) is 2.21. The van der Waals surface area contributed by atoms with Crippen molar-refractivity contribution in [3.63, 3.8) is 0 Å². The molecule has 1 aliphatic rings. The summed E-state index contributed by atoms with van der Waals surface area (Å²) in [6.45, 7) is 0. The molecule has 0 unspecified atom stereocenters. The molecule has 1 aromatic heterocycles. The van der Waals surface area contributed by atoms with Crippen LogP contribution < -0.4 is 0 Å². The Labute approximate surface area is 76.8 Å². The van der Waals surface area contributed by atoms with Gasteiger partial charge in [0.05, 0.1) is 0 Å². The van der Waals surface area contributed by atoms with E-state index in [0.717, 1.165) is 5.92 Å². The van der Waals surface area contributed by atoms with E-state index in [1.54, 1.807) is 5.56 Å². The van der Waals surface area contributed by atoms with Crippen molar-refractivity contribution in [2.24, 2.45) is 0 Å². The first-order valence-corrected chi connectivity index (χ1v) is 6.35. The van der Waals surface area contributed by atoms with Crippen LogP contribution in [-0.2, 0) is 0 Å². The Bertz CT molecular complexity index is 224. The normalized spacial score (nSPS) is 19.3. The molecule has 64 valence electrons. The number of hydrogen-bond donors (Lipinski definition) is 0. The first-order valence-electron chi connectivity index (χ1n) is 5.02. The van der Waals surface area contributed by atoms with E-state index in [9.17, 15) is 0 Å². The third-order valence-electron chi connectivity index (χ3n) is 2.88. The van der Waals surface area contributed by atoms with Gasteiger partial charge in [-0.2, -0.15) is 0 Å². The molecule has 0 saturated heterocycles. The maximum Gasteiger partial charge on any atom is 0.0198 e. The molecular weight excluding hydrogens is 160 g/mol. The topological polar surface area (TPSA) is 0 Å². The summed E-state index contributed by atoms with van der Waals surface area (Å²) in [5.41, 5.74) is 6.34. The molecule has 0 N–H and O–H groups in total. The minimum atomic E-state index is 0.490. The lowest BCUT2D eigenvalue weighted by Gasteiger charge is -2.21. The van der Waals surface area contributed by atoms with Crippen molar-refractivity contribution in [1.82, 2.24) is 0 Å². The first-order chi connectivity index (χ1) is 5.97. The molecule has 0 amide bonds. The zero-order valence-electron chi connectivity index (χ0n) is 7.50. The summed E-state index contributed by atoms with van der Waals surface area (Å²) >= 11 is 0. The molecule has 12 heavy (non-hydrogen) atoms. The van der Waals surface area contributed by atoms with Crippen molar-refractivity contribution in [3.8, 4) is 0 Å². The number of rotatable bonds is 1. The molecule has 1 aromatic rings. The zero-order chi connectivity index (χ0) is 8.23. The van der Waals surface area contributed by atoms with Gasteiger partial charge in [-0.1, -0.05) is 42.7 Å². The Morgan fingerprint density at radius 3 is 2.33 bits per heavy atom. The summed E-state index contributed by atoms with van der Waals surface area (Å²) in [5, 5.41) is 0. The van der Waals surface area contributed by atoms with E-state index in [1.807, 2.05) is 0 Å². The van der Waals surface area contributed by atoms with Crippen LogP contribution in [0.4, 0.5) is 0 Å². The lowest BCUT2D eigenvalue weighted by Crippen LogP contribution is -2.04. The molecule has 0 radical (unpaired) electrons. The first kappa shape index (κ1) is 8.18. The third kappa shape index (κ3) is 1.83. The van der Waals surface area contributed by atoms with E-state index in [2.05, 4.69) is 23.5 Å². The van der Waals surface area contributed by atoms with Crippen LogP contribution in [-0.4, -0.2) is 9.12 Å². The van der Waals surface area contributed by atoms with E-state index in [1.165, 1.54) is 32.1 Å². The van der Waals surface area contributed by atoms with Crippen molar-refractivity contribution >= 4 is 9.12 Å². The monoisotopic (exact) mass is 176 g/mol. The van der Waals surface area contributed by atoms with Gasteiger partial charge in [0.2, 0.25) is 0 Å². The predicted molar refractivity (Wildman–Crippen MR) is 55.0 cm³/mol. The molecule has 0 aromatic carbocycles. The Morgan fingerprint density at radius 2 is 1.67 bits per heavy atom. The molecule has 0 nitrogen and oxygen atoms in total. The van der Waals surface area contributed by atoms with Crippen LogP contribution >= 0.6 is 0 Å². The molecule has 0 aliphatic heterocycles. The molecule has 1 heterocycles. The predicted octanol–water partition coefficient (Wildman–Crippen LogP) is 2.80. The summed E-state index contributed by atoms with van der Waals surface area (Å²) in [6, 6.07) is 4.73. The Balaban J connectivity index is 2.08. The van der Waals surface area contributed by atoms with Gasteiger partial charge < -0.3 is 0 Å². The average molecular weight is 176 g/mol. The lowest BCUT2D eigenvalue weighted by atomic mass is 9.85. The van der Waals surface area contributed by atoms with Crippen LogP contribution in [0.2, 0.25) is 0 Å². The van der Waals surface area contributed by atoms with Gasteiger partial charge in [0, 0.05) is 9.12 Å². The standard InChI is InChI=1S/C11H16Si/c1-2-4-10(5-3-1)11-6-8-12-9-7-11/h6-10,12H,1-5H2. The summed E-state index contributed by atoms with van der Waals surface area (Å²) in [6.07, 6.45) is 7.21. The van der Waals surface area contributed by atoms with Crippen LogP contribution in [0.15, 0.2) is 23.5 Å². The molecule has 0 spiro atoms. The second-order valence-electron chi connectivity index (χ2n) is 3.75. The molecule has 2 rings (SSSR count). The molecular formula is C11H16Si. The van der Waals surface area contributed by atoms with Crippen LogP contribution in [0, 0.1) is 0 Å². The molecule has 1 fully saturated rings. The third-order valence-corrected chi connectivity index (χ3v) is 3.71. The van der Waals surface area contributed by atoms with Crippen molar-refractivity contribution in [2.75, 3.05) is 0 Å².